The number of nitrogens with two attached hydrogens (primary N) is 1. The zero-order valence-electron chi connectivity index (χ0n) is 23.1. The molecule has 218 valence electrons. The summed E-state index contributed by atoms with van der Waals surface area (Å²) < 4.78 is 35.4. The van der Waals surface area contributed by atoms with Gasteiger partial charge in [-0.2, -0.15) is 0 Å². The molecule has 0 radical (unpaired) electrons. The van der Waals surface area contributed by atoms with Gasteiger partial charge in [0.15, 0.2) is 0 Å². The lowest BCUT2D eigenvalue weighted by Gasteiger charge is -2.49. The third-order valence-corrected chi connectivity index (χ3v) is 10.6. The number of carbonyl (C=O) groups excluding carboxylic acids is 2. The number of primary amides is 1. The van der Waals surface area contributed by atoms with Crippen molar-refractivity contribution in [3.63, 3.8) is 0 Å². The highest BCUT2D eigenvalue weighted by Gasteiger charge is 2.52. The van der Waals surface area contributed by atoms with Crippen molar-refractivity contribution < 1.29 is 22.7 Å². The number of ether oxygens (including phenoxy) is 1. The van der Waals surface area contributed by atoms with Gasteiger partial charge in [0.05, 0.1) is 36.0 Å². The monoisotopic (exact) mass is 597 g/mol. The normalized spacial score (nSPS) is 24.1. The largest absolute Gasteiger partial charge is 0.370 e. The van der Waals surface area contributed by atoms with Gasteiger partial charge >= 0.3 is 0 Å². The number of hydrogen-bond acceptors (Lipinski definition) is 5. The van der Waals surface area contributed by atoms with Crippen molar-refractivity contribution in [1.82, 2.24) is 4.90 Å². The Morgan fingerprint density at radius 1 is 1.15 bits per heavy atom. The van der Waals surface area contributed by atoms with Gasteiger partial charge in [-0.3, -0.25) is 13.9 Å². The first-order valence-electron chi connectivity index (χ1n) is 14.0. The molecule has 4 unspecified atom stereocenters. The molecule has 5 rings (SSSR count). The maximum Gasteiger partial charge on any atom is 0.253 e. The average Bonchev–Trinajstić information content (AvgIpc) is 3.86. The molecule has 0 bridgehead atoms. The molecule has 2 saturated carbocycles. The first-order chi connectivity index (χ1) is 19.6. The van der Waals surface area contributed by atoms with Crippen LogP contribution in [0.2, 0.25) is 5.02 Å². The van der Waals surface area contributed by atoms with E-state index in [-0.39, 0.29) is 24.8 Å². The van der Waals surface area contributed by atoms with Crippen molar-refractivity contribution in [3.8, 4) is 0 Å². The molecule has 3 fully saturated rings. The topological polar surface area (TPSA) is 110 Å². The number of benzene rings is 2. The Balaban J connectivity index is 1.64. The van der Waals surface area contributed by atoms with Gasteiger partial charge in [0, 0.05) is 5.02 Å². The van der Waals surface area contributed by atoms with Crippen LogP contribution in [0, 0.1) is 5.92 Å². The van der Waals surface area contributed by atoms with E-state index in [2.05, 4.69) is 6.58 Å². The molecular weight excluding hydrogens is 562 g/mol. The van der Waals surface area contributed by atoms with Crippen LogP contribution >= 0.6 is 11.6 Å². The highest BCUT2D eigenvalue weighted by atomic mass is 35.5. The van der Waals surface area contributed by atoms with Gasteiger partial charge in [-0.05, 0) is 73.9 Å². The summed E-state index contributed by atoms with van der Waals surface area (Å²) in [5.74, 6) is -0.953. The van der Waals surface area contributed by atoms with E-state index < -0.39 is 45.5 Å². The SMILES string of the molecule is C=CC(=CC)C1OC(CC(N)=O)C(=O)N(C(CN(c2ccccc2)S(=O)(=O)C2CC2)C2CC2)C1c1ccc(Cl)cc1. The molecule has 2 aromatic carbocycles. The van der Waals surface area contributed by atoms with Gasteiger partial charge in [0.25, 0.3) is 5.91 Å². The standard InChI is InChI=1S/C31H36ClN3O5S/c1-3-20(4-2)30-29(22-12-14-23(32)15-13-22)35(31(37)27(40-30)18-28(33)36)26(21-10-11-21)19-34(24-8-6-5-7-9-24)41(38,39)25-16-17-25/h3-9,12-15,21,25-27,29-30H,1,10-11,16-19H2,2H3,(H2,33,36). The summed E-state index contributed by atoms with van der Waals surface area (Å²) in [6.07, 6.45) is 4.46. The highest BCUT2D eigenvalue weighted by molar-refractivity contribution is 7.93. The Bertz CT molecular complexity index is 1420. The number of para-hydroxylation sites is 1. The molecular formula is C31H36ClN3O5S. The fourth-order valence-corrected chi connectivity index (χ4v) is 7.71. The zero-order valence-corrected chi connectivity index (χ0v) is 24.6. The van der Waals surface area contributed by atoms with E-state index in [0.717, 1.165) is 24.0 Å². The Labute approximate surface area is 246 Å². The van der Waals surface area contributed by atoms with Gasteiger partial charge < -0.3 is 15.4 Å². The van der Waals surface area contributed by atoms with Crippen LogP contribution < -0.4 is 10.0 Å². The molecule has 1 saturated heterocycles. The second kappa shape index (κ2) is 12.0. The van der Waals surface area contributed by atoms with Crippen molar-refractivity contribution in [2.24, 2.45) is 11.7 Å². The minimum atomic E-state index is -3.65. The molecule has 2 aromatic rings. The van der Waals surface area contributed by atoms with Crippen LogP contribution in [0.25, 0.3) is 0 Å². The summed E-state index contributed by atoms with van der Waals surface area (Å²) in [6.45, 7) is 5.92. The van der Waals surface area contributed by atoms with Crippen molar-refractivity contribution in [1.29, 1.82) is 0 Å². The van der Waals surface area contributed by atoms with Crippen LogP contribution in [0.4, 0.5) is 5.69 Å². The Hall–Kier alpha value is -3.14. The van der Waals surface area contributed by atoms with Crippen LogP contribution in [0.3, 0.4) is 0 Å². The molecule has 10 heteroatoms. The molecule has 2 aliphatic carbocycles. The number of halogens is 1. The number of nitrogens with zero attached hydrogens (tertiary/aromatic N) is 2. The predicted molar refractivity (Wildman–Crippen MR) is 160 cm³/mol. The van der Waals surface area contributed by atoms with Gasteiger partial charge in [-0.1, -0.05) is 60.7 Å². The Kier molecular flexibility index (Phi) is 8.59. The lowest BCUT2D eigenvalue weighted by Crippen LogP contribution is -2.61. The average molecular weight is 598 g/mol. The van der Waals surface area contributed by atoms with E-state index in [0.29, 0.717) is 23.6 Å². The molecule has 4 atom stereocenters. The Morgan fingerprint density at radius 3 is 2.34 bits per heavy atom. The second-order valence-electron chi connectivity index (χ2n) is 11.0. The number of rotatable bonds is 12. The van der Waals surface area contributed by atoms with Crippen molar-refractivity contribution in [3.05, 3.63) is 89.5 Å². The number of carbonyl (C=O) groups is 2. The highest BCUT2D eigenvalue weighted by Crippen LogP contribution is 2.46. The van der Waals surface area contributed by atoms with Crippen LogP contribution in [0.1, 0.15) is 50.6 Å². The van der Waals surface area contributed by atoms with E-state index in [1.165, 1.54) is 4.31 Å². The first kappa shape index (κ1) is 29.4. The van der Waals surface area contributed by atoms with Crippen LogP contribution in [0.15, 0.2) is 78.9 Å². The molecule has 8 nitrogen and oxygen atoms in total. The van der Waals surface area contributed by atoms with E-state index in [9.17, 15) is 18.0 Å². The number of anilines is 1. The van der Waals surface area contributed by atoms with Crippen LogP contribution in [-0.2, 0) is 24.3 Å². The molecule has 2 N–H and O–H groups in total. The lowest BCUT2D eigenvalue weighted by atomic mass is 9.88. The molecule has 0 aromatic heterocycles. The molecule has 3 aliphatic rings. The molecule has 41 heavy (non-hydrogen) atoms. The van der Waals surface area contributed by atoms with Gasteiger partial charge in [0.1, 0.15) is 12.2 Å². The van der Waals surface area contributed by atoms with Crippen LogP contribution in [0.5, 0.6) is 0 Å². The maximum atomic E-state index is 14.3. The fraction of sp³-hybridized carbons (Fsp3) is 0.419. The summed E-state index contributed by atoms with van der Waals surface area (Å²) in [7, 11) is -3.65. The molecule has 1 heterocycles. The summed E-state index contributed by atoms with van der Waals surface area (Å²) >= 11 is 6.23. The predicted octanol–water partition coefficient (Wildman–Crippen LogP) is 4.76. The third-order valence-electron chi connectivity index (χ3n) is 8.10. The van der Waals surface area contributed by atoms with Crippen molar-refractivity contribution >= 4 is 39.1 Å². The smallest absolute Gasteiger partial charge is 0.253 e. The minimum Gasteiger partial charge on any atom is -0.370 e. The fourth-order valence-electron chi connectivity index (χ4n) is 5.71. The van der Waals surface area contributed by atoms with Gasteiger partial charge in [0.2, 0.25) is 15.9 Å². The summed E-state index contributed by atoms with van der Waals surface area (Å²) in [4.78, 5) is 28.1. The van der Waals surface area contributed by atoms with E-state index >= 15 is 0 Å². The molecule has 0 spiro atoms. The quantitative estimate of drug-likeness (QED) is 0.355. The zero-order chi connectivity index (χ0) is 29.3. The van der Waals surface area contributed by atoms with Crippen LogP contribution in [-0.4, -0.2) is 55.2 Å². The molecule has 2 amide bonds. The second-order valence-corrected chi connectivity index (χ2v) is 13.5. The van der Waals surface area contributed by atoms with E-state index in [1.807, 2.05) is 43.3 Å². The number of sulfonamides is 1. The third kappa shape index (κ3) is 6.22. The maximum absolute atomic E-state index is 14.3. The van der Waals surface area contributed by atoms with Crippen molar-refractivity contribution in [2.45, 2.75) is 68.6 Å². The van der Waals surface area contributed by atoms with E-state index in [4.69, 9.17) is 22.1 Å². The number of amides is 2. The van der Waals surface area contributed by atoms with Gasteiger partial charge in [-0.25, -0.2) is 8.42 Å². The summed E-state index contributed by atoms with van der Waals surface area (Å²) in [5, 5.41) is 0.117. The van der Waals surface area contributed by atoms with Crippen molar-refractivity contribution in [2.75, 3.05) is 10.8 Å². The minimum absolute atomic E-state index is 0.0835. The van der Waals surface area contributed by atoms with Gasteiger partial charge in [-0.15, -0.1) is 0 Å². The first-order valence-corrected chi connectivity index (χ1v) is 15.9. The summed E-state index contributed by atoms with van der Waals surface area (Å²) in [6, 6.07) is 15.2. The number of hydrogen-bond donors (Lipinski definition) is 1. The molecule has 1 aliphatic heterocycles. The number of morpholine rings is 1. The number of allylic oxidation sites excluding steroid dienone is 1. The Morgan fingerprint density at radius 2 is 1.80 bits per heavy atom. The van der Waals surface area contributed by atoms with E-state index in [1.54, 1.807) is 35.2 Å². The lowest BCUT2D eigenvalue weighted by molar-refractivity contribution is -0.175. The summed E-state index contributed by atoms with van der Waals surface area (Å²) in [5.41, 5.74) is 7.66.